The van der Waals surface area contributed by atoms with Crippen LogP contribution in [0, 0.1) is 6.92 Å². The molecule has 1 aliphatic rings. The van der Waals surface area contributed by atoms with Crippen LogP contribution in [0.15, 0.2) is 34.5 Å². The van der Waals surface area contributed by atoms with E-state index in [1.165, 1.54) is 17.5 Å². The topological polar surface area (TPSA) is 75.7 Å². The summed E-state index contributed by atoms with van der Waals surface area (Å²) in [5.41, 5.74) is 1.49. The van der Waals surface area contributed by atoms with Gasteiger partial charge in [-0.15, -0.1) is 11.3 Å². The number of benzene rings is 1. The number of halogens is 1. The fourth-order valence-electron chi connectivity index (χ4n) is 2.98. The Hall–Kier alpha value is -1.61. The number of nitrogens with one attached hydrogen (secondary N) is 1. The first kappa shape index (κ1) is 19.2. The van der Waals surface area contributed by atoms with Gasteiger partial charge in [0.05, 0.1) is 17.1 Å². The molecule has 0 aliphatic carbocycles. The lowest BCUT2D eigenvalue weighted by atomic mass is 10.1. The Labute approximate surface area is 161 Å². The van der Waals surface area contributed by atoms with Gasteiger partial charge in [-0.05, 0) is 49.6 Å². The van der Waals surface area contributed by atoms with E-state index >= 15 is 0 Å². The molecule has 26 heavy (non-hydrogen) atoms. The standard InChI is InChI=1S/C17H19ClN2O4S2/c1-11-5-6-14(24-2)12(10-11)19-17(21)13-4-3-9-20(13)26(22,23)16-8-7-15(18)25-16/h5-8,10,13H,3-4,9H2,1-2H3,(H,19,21). The van der Waals surface area contributed by atoms with Crippen LogP contribution in [0.25, 0.3) is 0 Å². The normalized spacial score (nSPS) is 18.0. The number of hydrogen-bond donors (Lipinski definition) is 1. The van der Waals surface area contributed by atoms with E-state index in [0.717, 1.165) is 16.9 Å². The zero-order valence-electron chi connectivity index (χ0n) is 14.4. The van der Waals surface area contributed by atoms with Crippen LogP contribution < -0.4 is 10.1 Å². The van der Waals surface area contributed by atoms with Crippen molar-refractivity contribution in [1.29, 1.82) is 0 Å². The zero-order valence-corrected chi connectivity index (χ0v) is 16.7. The third-order valence-electron chi connectivity index (χ3n) is 4.23. The van der Waals surface area contributed by atoms with Gasteiger partial charge in [-0.3, -0.25) is 4.79 Å². The van der Waals surface area contributed by atoms with Crippen LogP contribution in [0.5, 0.6) is 5.75 Å². The first-order chi connectivity index (χ1) is 12.3. The second kappa shape index (κ2) is 7.56. The van der Waals surface area contributed by atoms with Crippen molar-refractivity contribution < 1.29 is 17.9 Å². The quantitative estimate of drug-likeness (QED) is 0.812. The molecule has 1 atom stereocenters. The van der Waals surface area contributed by atoms with Crippen LogP contribution >= 0.6 is 22.9 Å². The number of rotatable bonds is 5. The summed E-state index contributed by atoms with van der Waals surface area (Å²) in [6.45, 7) is 2.21. The van der Waals surface area contributed by atoms with Crippen LogP contribution in [-0.4, -0.2) is 38.3 Å². The van der Waals surface area contributed by atoms with Crippen molar-refractivity contribution in [1.82, 2.24) is 4.31 Å². The highest BCUT2D eigenvalue weighted by Crippen LogP contribution is 2.33. The van der Waals surface area contributed by atoms with E-state index in [1.807, 2.05) is 13.0 Å². The van der Waals surface area contributed by atoms with E-state index in [-0.39, 0.29) is 10.1 Å². The van der Waals surface area contributed by atoms with Crippen molar-refractivity contribution in [2.24, 2.45) is 0 Å². The van der Waals surface area contributed by atoms with Gasteiger partial charge in [0, 0.05) is 6.54 Å². The maximum atomic E-state index is 12.9. The fraction of sp³-hybridized carbons (Fsp3) is 0.353. The Morgan fingerprint density at radius 2 is 2.12 bits per heavy atom. The van der Waals surface area contributed by atoms with Crippen LogP contribution in [-0.2, 0) is 14.8 Å². The minimum absolute atomic E-state index is 0.148. The number of hydrogen-bond acceptors (Lipinski definition) is 5. The summed E-state index contributed by atoms with van der Waals surface area (Å²) in [7, 11) is -2.23. The maximum absolute atomic E-state index is 12.9. The van der Waals surface area contributed by atoms with Gasteiger partial charge in [0.1, 0.15) is 16.0 Å². The number of ether oxygens (including phenoxy) is 1. The Bertz CT molecular complexity index is 927. The highest BCUT2D eigenvalue weighted by Gasteiger charge is 2.40. The molecule has 6 nitrogen and oxygen atoms in total. The fourth-order valence-corrected chi connectivity index (χ4v) is 6.25. The number of sulfonamides is 1. The van der Waals surface area contributed by atoms with Crippen molar-refractivity contribution in [2.45, 2.75) is 30.0 Å². The first-order valence-corrected chi connectivity index (χ1v) is 10.7. The van der Waals surface area contributed by atoms with Gasteiger partial charge < -0.3 is 10.1 Å². The first-order valence-electron chi connectivity index (χ1n) is 8.05. The third-order valence-corrected chi connectivity index (χ3v) is 7.84. The zero-order chi connectivity index (χ0) is 18.9. The SMILES string of the molecule is COc1ccc(C)cc1NC(=O)C1CCCN1S(=O)(=O)c1ccc(Cl)s1. The molecule has 1 unspecified atom stereocenters. The second-order valence-corrected chi connectivity index (χ2v) is 9.86. The van der Waals surface area contributed by atoms with Crippen molar-refractivity contribution >= 4 is 44.6 Å². The van der Waals surface area contributed by atoms with Gasteiger partial charge >= 0.3 is 0 Å². The summed E-state index contributed by atoms with van der Waals surface area (Å²) in [4.78, 5) is 12.8. The third kappa shape index (κ3) is 3.73. The van der Waals surface area contributed by atoms with E-state index in [4.69, 9.17) is 16.3 Å². The highest BCUT2D eigenvalue weighted by atomic mass is 35.5. The smallest absolute Gasteiger partial charge is 0.253 e. The summed E-state index contributed by atoms with van der Waals surface area (Å²) < 4.78 is 32.8. The number of methoxy groups -OCH3 is 1. The van der Waals surface area contributed by atoms with Gasteiger partial charge in [-0.1, -0.05) is 17.7 Å². The summed E-state index contributed by atoms with van der Waals surface area (Å²) >= 11 is 6.86. The highest BCUT2D eigenvalue weighted by molar-refractivity contribution is 7.91. The average Bonchev–Trinajstić information content (AvgIpc) is 3.24. The molecule has 1 N–H and O–H groups in total. The maximum Gasteiger partial charge on any atom is 0.253 e. The molecule has 2 aromatic rings. The molecule has 1 aromatic heterocycles. The Kier molecular flexibility index (Phi) is 5.57. The van der Waals surface area contributed by atoms with Gasteiger partial charge in [0.15, 0.2) is 0 Å². The predicted octanol–water partition coefficient (Wildman–Crippen LogP) is 3.51. The van der Waals surface area contributed by atoms with Crippen molar-refractivity contribution in [3.05, 3.63) is 40.2 Å². The number of nitrogens with zero attached hydrogens (tertiary/aromatic N) is 1. The number of thiophene rings is 1. The molecular weight excluding hydrogens is 396 g/mol. The molecular formula is C17H19ClN2O4S2. The second-order valence-electron chi connectivity index (χ2n) is 6.03. The number of carbonyl (C=O) groups excluding carboxylic acids is 1. The van der Waals surface area contributed by atoms with E-state index in [9.17, 15) is 13.2 Å². The van der Waals surface area contributed by atoms with Gasteiger partial charge in [0.25, 0.3) is 10.0 Å². The monoisotopic (exact) mass is 414 g/mol. The number of anilines is 1. The summed E-state index contributed by atoms with van der Waals surface area (Å²) in [5, 5.41) is 2.81. The van der Waals surface area contributed by atoms with Gasteiger partial charge in [-0.2, -0.15) is 4.31 Å². The number of amides is 1. The van der Waals surface area contributed by atoms with E-state index < -0.39 is 16.1 Å². The lowest BCUT2D eigenvalue weighted by Crippen LogP contribution is -2.42. The largest absolute Gasteiger partial charge is 0.495 e. The van der Waals surface area contributed by atoms with E-state index in [1.54, 1.807) is 18.2 Å². The molecule has 3 rings (SSSR count). The summed E-state index contributed by atoms with van der Waals surface area (Å²) in [5.74, 6) is 0.166. The van der Waals surface area contributed by atoms with Crippen LogP contribution in [0.2, 0.25) is 4.34 Å². The summed E-state index contributed by atoms with van der Waals surface area (Å²) in [6, 6.07) is 7.69. The molecule has 2 heterocycles. The lowest BCUT2D eigenvalue weighted by Gasteiger charge is -2.23. The Morgan fingerprint density at radius 1 is 1.35 bits per heavy atom. The molecule has 0 saturated carbocycles. The molecule has 0 bridgehead atoms. The number of carbonyl (C=O) groups is 1. The van der Waals surface area contributed by atoms with E-state index in [2.05, 4.69) is 5.32 Å². The van der Waals surface area contributed by atoms with Crippen LogP contribution in [0.3, 0.4) is 0 Å². The molecule has 1 aliphatic heterocycles. The molecule has 0 radical (unpaired) electrons. The van der Waals surface area contributed by atoms with Gasteiger partial charge in [-0.25, -0.2) is 8.42 Å². The average molecular weight is 415 g/mol. The molecule has 1 fully saturated rings. The molecule has 140 valence electrons. The minimum Gasteiger partial charge on any atom is -0.495 e. The molecule has 1 aromatic carbocycles. The minimum atomic E-state index is -3.75. The van der Waals surface area contributed by atoms with E-state index in [0.29, 0.717) is 35.2 Å². The lowest BCUT2D eigenvalue weighted by molar-refractivity contribution is -0.119. The Balaban J connectivity index is 1.84. The van der Waals surface area contributed by atoms with Crippen molar-refractivity contribution in [3.63, 3.8) is 0 Å². The molecule has 1 saturated heterocycles. The van der Waals surface area contributed by atoms with Gasteiger partial charge in [0.2, 0.25) is 5.91 Å². The van der Waals surface area contributed by atoms with Crippen LogP contribution in [0.1, 0.15) is 18.4 Å². The Morgan fingerprint density at radius 3 is 2.77 bits per heavy atom. The molecule has 0 spiro atoms. The van der Waals surface area contributed by atoms with Crippen molar-refractivity contribution in [3.8, 4) is 5.75 Å². The predicted molar refractivity (Wildman–Crippen MR) is 103 cm³/mol. The van der Waals surface area contributed by atoms with Crippen molar-refractivity contribution in [2.75, 3.05) is 19.0 Å². The molecule has 1 amide bonds. The number of aryl methyl sites for hydroxylation is 1. The summed E-state index contributed by atoms with van der Waals surface area (Å²) in [6.07, 6.45) is 1.10. The molecule has 9 heteroatoms. The van der Waals surface area contributed by atoms with Crippen LogP contribution in [0.4, 0.5) is 5.69 Å².